The van der Waals surface area contributed by atoms with E-state index >= 15 is 0 Å². The molecule has 2 N–H and O–H groups in total. The van der Waals surface area contributed by atoms with Crippen molar-refractivity contribution in [3.8, 4) is 5.75 Å². The second-order valence-electron chi connectivity index (χ2n) is 3.57. The quantitative estimate of drug-likeness (QED) is 0.722. The van der Waals surface area contributed by atoms with Gasteiger partial charge in [-0.25, -0.2) is 4.39 Å². The van der Waals surface area contributed by atoms with Crippen LogP contribution in [0.15, 0.2) is 24.3 Å². The zero-order valence-corrected chi connectivity index (χ0v) is 9.88. The molecular weight excluding hydrogens is 241 g/mol. The number of halogens is 1. The van der Waals surface area contributed by atoms with Gasteiger partial charge in [-0.1, -0.05) is 0 Å². The topological polar surface area (TPSA) is 70.0 Å². The van der Waals surface area contributed by atoms with Crippen LogP contribution in [0.3, 0.4) is 0 Å². The predicted octanol–water partition coefficient (Wildman–Crippen LogP) is 0.0177. The van der Waals surface area contributed by atoms with Crippen LogP contribution in [0.25, 0.3) is 0 Å². The third-order valence-corrected chi connectivity index (χ3v) is 2.27. The first-order valence-electron chi connectivity index (χ1n) is 5.55. The molecule has 0 spiro atoms. The first-order chi connectivity index (χ1) is 8.67. The van der Waals surface area contributed by atoms with Crippen molar-refractivity contribution in [1.82, 2.24) is 4.90 Å². The van der Waals surface area contributed by atoms with Crippen LogP contribution in [-0.4, -0.2) is 53.9 Å². The zero-order chi connectivity index (χ0) is 13.4. The molecule has 0 aromatic heterocycles. The average Bonchev–Trinajstić information content (AvgIpc) is 2.37. The highest BCUT2D eigenvalue weighted by Gasteiger charge is 2.12. The second-order valence-corrected chi connectivity index (χ2v) is 3.57. The fourth-order valence-electron chi connectivity index (χ4n) is 1.37. The maximum absolute atomic E-state index is 12.6. The Hall–Kier alpha value is -1.66. The predicted molar refractivity (Wildman–Crippen MR) is 62.6 cm³/mol. The van der Waals surface area contributed by atoms with Crippen molar-refractivity contribution in [2.24, 2.45) is 0 Å². The van der Waals surface area contributed by atoms with Gasteiger partial charge in [-0.05, 0) is 24.3 Å². The fourth-order valence-corrected chi connectivity index (χ4v) is 1.37. The first-order valence-corrected chi connectivity index (χ1v) is 5.55. The van der Waals surface area contributed by atoms with Gasteiger partial charge in [0.2, 0.25) is 0 Å². The third-order valence-electron chi connectivity index (χ3n) is 2.27. The molecule has 0 aliphatic heterocycles. The smallest absolute Gasteiger partial charge is 0.260 e. The van der Waals surface area contributed by atoms with Crippen molar-refractivity contribution < 1.29 is 24.1 Å². The standard InChI is InChI=1S/C12H16FNO4/c13-10-1-3-11(4-2-10)18-9-12(17)14(5-7-15)6-8-16/h1-4,15-16H,5-9H2. The average molecular weight is 257 g/mol. The Kier molecular flexibility index (Phi) is 6.10. The number of carbonyl (C=O) groups is 1. The van der Waals surface area contributed by atoms with Crippen molar-refractivity contribution in [3.05, 3.63) is 30.1 Å². The van der Waals surface area contributed by atoms with Crippen LogP contribution in [0, 0.1) is 5.82 Å². The molecule has 0 atom stereocenters. The summed E-state index contributed by atoms with van der Waals surface area (Å²) in [6, 6.07) is 5.31. The highest BCUT2D eigenvalue weighted by Crippen LogP contribution is 2.10. The molecule has 0 saturated heterocycles. The molecule has 1 rings (SSSR count). The van der Waals surface area contributed by atoms with Crippen LogP contribution in [0.1, 0.15) is 0 Å². The van der Waals surface area contributed by atoms with Crippen LogP contribution in [-0.2, 0) is 4.79 Å². The van der Waals surface area contributed by atoms with Gasteiger partial charge in [0.15, 0.2) is 6.61 Å². The summed E-state index contributed by atoms with van der Waals surface area (Å²) in [4.78, 5) is 13.0. The minimum atomic E-state index is -0.379. The monoisotopic (exact) mass is 257 g/mol. The minimum Gasteiger partial charge on any atom is -0.484 e. The molecule has 0 unspecified atom stereocenters. The van der Waals surface area contributed by atoms with Crippen LogP contribution in [0.2, 0.25) is 0 Å². The first kappa shape index (κ1) is 14.4. The van der Waals surface area contributed by atoms with Crippen molar-refractivity contribution in [2.45, 2.75) is 0 Å². The summed E-state index contributed by atoms with van der Waals surface area (Å²) in [5, 5.41) is 17.5. The maximum Gasteiger partial charge on any atom is 0.260 e. The van der Waals surface area contributed by atoms with E-state index in [0.717, 1.165) is 0 Å². The Balaban J connectivity index is 2.45. The summed E-state index contributed by atoms with van der Waals surface area (Å²) in [6.45, 7) is -0.283. The minimum absolute atomic E-state index is 0.145. The number of carbonyl (C=O) groups excluding carboxylic acids is 1. The van der Waals surface area contributed by atoms with E-state index in [1.807, 2.05) is 0 Å². The number of aliphatic hydroxyl groups is 2. The highest BCUT2D eigenvalue weighted by atomic mass is 19.1. The lowest BCUT2D eigenvalue weighted by atomic mass is 10.3. The summed E-state index contributed by atoms with van der Waals surface area (Å²) in [6.07, 6.45) is 0. The van der Waals surface area contributed by atoms with Crippen LogP contribution < -0.4 is 4.74 Å². The van der Waals surface area contributed by atoms with E-state index in [0.29, 0.717) is 5.75 Å². The second kappa shape index (κ2) is 7.62. The summed E-state index contributed by atoms with van der Waals surface area (Å²) >= 11 is 0. The Bertz CT molecular complexity index is 363. The molecule has 0 heterocycles. The molecule has 0 aliphatic rings. The molecule has 0 radical (unpaired) electrons. The van der Waals surface area contributed by atoms with E-state index in [9.17, 15) is 9.18 Å². The van der Waals surface area contributed by atoms with E-state index in [1.54, 1.807) is 0 Å². The van der Waals surface area contributed by atoms with Gasteiger partial charge in [0.1, 0.15) is 11.6 Å². The van der Waals surface area contributed by atoms with Crippen LogP contribution >= 0.6 is 0 Å². The third kappa shape index (κ3) is 4.68. The Morgan fingerprint density at radius 3 is 2.22 bits per heavy atom. The van der Waals surface area contributed by atoms with Gasteiger partial charge in [-0.3, -0.25) is 4.79 Å². The zero-order valence-electron chi connectivity index (χ0n) is 9.88. The van der Waals surface area contributed by atoms with Crippen molar-refractivity contribution in [1.29, 1.82) is 0 Å². The normalized spacial score (nSPS) is 10.2. The molecular formula is C12H16FNO4. The highest BCUT2D eigenvalue weighted by molar-refractivity contribution is 5.77. The van der Waals surface area contributed by atoms with E-state index in [4.69, 9.17) is 14.9 Å². The van der Waals surface area contributed by atoms with Gasteiger partial charge in [-0.2, -0.15) is 0 Å². The molecule has 0 fully saturated rings. The number of hydrogen-bond donors (Lipinski definition) is 2. The van der Waals surface area contributed by atoms with E-state index in [-0.39, 0.29) is 44.6 Å². The van der Waals surface area contributed by atoms with Gasteiger partial charge in [-0.15, -0.1) is 0 Å². The SMILES string of the molecule is O=C(COc1ccc(F)cc1)N(CCO)CCO. The summed E-state index contributed by atoms with van der Waals surface area (Å²) in [7, 11) is 0. The molecule has 18 heavy (non-hydrogen) atoms. The summed E-state index contributed by atoms with van der Waals surface area (Å²) in [5.41, 5.74) is 0. The van der Waals surface area contributed by atoms with Gasteiger partial charge in [0.25, 0.3) is 5.91 Å². The number of rotatable bonds is 7. The number of amides is 1. The summed E-state index contributed by atoms with van der Waals surface area (Å²) < 4.78 is 17.8. The van der Waals surface area contributed by atoms with E-state index < -0.39 is 0 Å². The molecule has 6 heteroatoms. The fraction of sp³-hybridized carbons (Fsp3) is 0.417. The maximum atomic E-state index is 12.6. The summed E-state index contributed by atoms with van der Waals surface area (Å²) in [5.74, 6) is -0.337. The Labute approximate surface area is 104 Å². The Morgan fingerprint density at radius 2 is 1.72 bits per heavy atom. The van der Waals surface area contributed by atoms with Gasteiger partial charge >= 0.3 is 0 Å². The van der Waals surface area contributed by atoms with Crippen molar-refractivity contribution in [2.75, 3.05) is 32.9 Å². The van der Waals surface area contributed by atoms with E-state index in [1.165, 1.54) is 29.2 Å². The lowest BCUT2D eigenvalue weighted by Gasteiger charge is -2.20. The van der Waals surface area contributed by atoms with Crippen LogP contribution in [0.4, 0.5) is 4.39 Å². The molecule has 5 nitrogen and oxygen atoms in total. The molecule has 0 bridgehead atoms. The molecule has 1 aromatic rings. The van der Waals surface area contributed by atoms with Crippen LogP contribution in [0.5, 0.6) is 5.75 Å². The number of benzene rings is 1. The Morgan fingerprint density at radius 1 is 1.17 bits per heavy atom. The lowest BCUT2D eigenvalue weighted by Crippen LogP contribution is -2.38. The molecule has 0 aliphatic carbocycles. The van der Waals surface area contributed by atoms with Gasteiger partial charge in [0.05, 0.1) is 13.2 Å². The lowest BCUT2D eigenvalue weighted by molar-refractivity contribution is -0.134. The number of ether oxygens (including phenoxy) is 1. The van der Waals surface area contributed by atoms with Crippen molar-refractivity contribution >= 4 is 5.91 Å². The number of nitrogens with zero attached hydrogens (tertiary/aromatic N) is 1. The van der Waals surface area contributed by atoms with E-state index in [2.05, 4.69) is 0 Å². The van der Waals surface area contributed by atoms with Gasteiger partial charge < -0.3 is 19.8 Å². The number of hydrogen-bond acceptors (Lipinski definition) is 4. The molecule has 1 amide bonds. The molecule has 100 valence electrons. The molecule has 1 aromatic carbocycles. The molecule has 0 saturated carbocycles. The largest absolute Gasteiger partial charge is 0.484 e. The number of aliphatic hydroxyl groups excluding tert-OH is 2. The van der Waals surface area contributed by atoms with Crippen molar-refractivity contribution in [3.63, 3.8) is 0 Å². The van der Waals surface area contributed by atoms with Gasteiger partial charge in [0, 0.05) is 13.1 Å².